The van der Waals surface area contributed by atoms with Crippen LogP contribution in [0.15, 0.2) is 37.1 Å². The number of hydrogen-bond donors (Lipinski definition) is 2. The summed E-state index contributed by atoms with van der Waals surface area (Å²) >= 11 is 0. The van der Waals surface area contributed by atoms with Gasteiger partial charge in [0.25, 0.3) is 5.91 Å². The molecule has 25 heavy (non-hydrogen) atoms. The van der Waals surface area contributed by atoms with E-state index < -0.39 is 6.10 Å². The maximum atomic E-state index is 12.8. The first kappa shape index (κ1) is 15.4. The molecular formula is C15H16N8O2. The van der Waals surface area contributed by atoms with Crippen molar-refractivity contribution in [3.8, 4) is 5.82 Å². The van der Waals surface area contributed by atoms with Gasteiger partial charge in [0.2, 0.25) is 0 Å². The van der Waals surface area contributed by atoms with Gasteiger partial charge in [-0.1, -0.05) is 0 Å². The second-order valence-corrected chi connectivity index (χ2v) is 5.98. The highest BCUT2D eigenvalue weighted by Crippen LogP contribution is 2.24. The normalized spacial score (nSPS) is 20.1. The Hall–Kier alpha value is -3.14. The minimum absolute atomic E-state index is 0.0188. The van der Waals surface area contributed by atoms with Gasteiger partial charge >= 0.3 is 0 Å². The third kappa shape index (κ3) is 2.98. The number of carbonyl (C=O) groups is 1. The van der Waals surface area contributed by atoms with E-state index >= 15 is 0 Å². The lowest BCUT2D eigenvalue weighted by molar-refractivity contribution is 0.0764. The maximum absolute atomic E-state index is 12.8. The molecule has 3 aromatic rings. The molecule has 0 spiro atoms. The first-order chi connectivity index (χ1) is 12.2. The van der Waals surface area contributed by atoms with Gasteiger partial charge in [0.05, 0.1) is 12.3 Å². The standard InChI is InChI=1S/C15H16N8O2/c24-13-8-22(7-11(13)5-10-1-3-16-4-2-10)15(25)12-6-17-19-14(12)23-9-18-20-21-23/h1-4,6,9,11,13,24H,5,7-8H2,(H,17,19)/t11-,13+/m1/s1. The fraction of sp³-hybridized carbons (Fsp3) is 0.333. The van der Waals surface area contributed by atoms with E-state index in [1.165, 1.54) is 17.2 Å². The average Bonchev–Trinajstić information content (AvgIpc) is 3.36. The molecule has 128 valence electrons. The molecule has 0 saturated carbocycles. The Bertz CT molecular complexity index is 848. The molecule has 1 amide bonds. The minimum atomic E-state index is -0.569. The van der Waals surface area contributed by atoms with Crippen LogP contribution in [0, 0.1) is 5.92 Å². The van der Waals surface area contributed by atoms with Gasteiger partial charge in [-0.15, -0.1) is 5.10 Å². The van der Waals surface area contributed by atoms with Gasteiger partial charge in [-0.3, -0.25) is 14.9 Å². The van der Waals surface area contributed by atoms with Crippen LogP contribution in [0.1, 0.15) is 15.9 Å². The van der Waals surface area contributed by atoms with Crippen LogP contribution in [0.2, 0.25) is 0 Å². The smallest absolute Gasteiger partial charge is 0.259 e. The zero-order valence-electron chi connectivity index (χ0n) is 13.2. The lowest BCUT2D eigenvalue weighted by atomic mass is 9.97. The number of nitrogens with zero attached hydrogens (tertiary/aromatic N) is 7. The van der Waals surface area contributed by atoms with Crippen molar-refractivity contribution < 1.29 is 9.90 Å². The summed E-state index contributed by atoms with van der Waals surface area (Å²) in [6.45, 7) is 0.761. The second-order valence-electron chi connectivity index (χ2n) is 5.98. The van der Waals surface area contributed by atoms with Crippen LogP contribution in [-0.2, 0) is 6.42 Å². The van der Waals surface area contributed by atoms with Crippen molar-refractivity contribution in [2.75, 3.05) is 13.1 Å². The van der Waals surface area contributed by atoms with E-state index in [2.05, 4.69) is 30.7 Å². The van der Waals surface area contributed by atoms with Gasteiger partial charge in [0.15, 0.2) is 5.82 Å². The number of nitrogens with one attached hydrogen (secondary N) is 1. The third-order valence-corrected chi connectivity index (χ3v) is 4.37. The SMILES string of the molecule is O=C(c1cn[nH]c1-n1cnnn1)N1C[C@@H](Cc2ccncc2)[C@@H](O)C1. The number of rotatable bonds is 4. The largest absolute Gasteiger partial charge is 0.391 e. The number of carbonyl (C=O) groups excluding carboxylic acids is 1. The number of likely N-dealkylation sites (tertiary alicyclic amines) is 1. The summed E-state index contributed by atoms with van der Waals surface area (Å²) < 4.78 is 1.35. The molecule has 4 heterocycles. The molecule has 1 aliphatic heterocycles. The molecule has 0 unspecified atom stereocenters. The van der Waals surface area contributed by atoms with Crippen molar-refractivity contribution >= 4 is 5.91 Å². The molecule has 0 aromatic carbocycles. The van der Waals surface area contributed by atoms with Crippen molar-refractivity contribution in [3.63, 3.8) is 0 Å². The highest BCUT2D eigenvalue weighted by Gasteiger charge is 2.35. The first-order valence-electron chi connectivity index (χ1n) is 7.85. The molecule has 4 rings (SSSR count). The predicted molar refractivity (Wildman–Crippen MR) is 84.6 cm³/mol. The highest BCUT2D eigenvalue weighted by atomic mass is 16.3. The first-order valence-corrected chi connectivity index (χ1v) is 7.85. The molecule has 0 radical (unpaired) electrons. The average molecular weight is 340 g/mol. The molecule has 10 nitrogen and oxygen atoms in total. The Morgan fingerprint density at radius 3 is 2.92 bits per heavy atom. The molecule has 2 N–H and O–H groups in total. The Morgan fingerprint density at radius 2 is 2.16 bits per heavy atom. The number of hydrogen-bond acceptors (Lipinski definition) is 7. The van der Waals surface area contributed by atoms with Gasteiger partial charge in [-0.2, -0.15) is 9.78 Å². The Morgan fingerprint density at radius 1 is 1.32 bits per heavy atom. The molecule has 0 aliphatic carbocycles. The highest BCUT2D eigenvalue weighted by molar-refractivity contribution is 5.97. The Balaban J connectivity index is 1.50. The Labute approximate surface area is 142 Å². The van der Waals surface area contributed by atoms with Crippen LogP contribution in [0.3, 0.4) is 0 Å². The second kappa shape index (κ2) is 6.40. The number of pyridine rings is 1. The quantitative estimate of drug-likeness (QED) is 0.653. The van der Waals surface area contributed by atoms with Gasteiger partial charge in [-0.05, 0) is 34.5 Å². The molecule has 3 aromatic heterocycles. The van der Waals surface area contributed by atoms with E-state index in [1.54, 1.807) is 17.3 Å². The monoisotopic (exact) mass is 340 g/mol. The van der Waals surface area contributed by atoms with Crippen LogP contribution >= 0.6 is 0 Å². The minimum Gasteiger partial charge on any atom is -0.391 e. The molecule has 1 fully saturated rings. The van der Waals surface area contributed by atoms with Crippen LogP contribution in [0.4, 0.5) is 0 Å². The van der Waals surface area contributed by atoms with Crippen molar-refractivity contribution in [3.05, 3.63) is 48.2 Å². The molecular weight excluding hydrogens is 324 g/mol. The van der Waals surface area contributed by atoms with Crippen molar-refractivity contribution in [2.24, 2.45) is 5.92 Å². The van der Waals surface area contributed by atoms with E-state index in [0.29, 0.717) is 24.3 Å². The lowest BCUT2D eigenvalue weighted by Gasteiger charge is -2.16. The van der Waals surface area contributed by atoms with Crippen LogP contribution in [0.25, 0.3) is 5.82 Å². The summed E-state index contributed by atoms with van der Waals surface area (Å²) in [6, 6.07) is 3.84. The lowest BCUT2D eigenvalue weighted by Crippen LogP contribution is -2.30. The fourth-order valence-electron chi connectivity index (χ4n) is 3.09. The summed E-state index contributed by atoms with van der Waals surface area (Å²) in [5.74, 6) is 0.173. The number of aliphatic hydroxyl groups excluding tert-OH is 1. The number of aromatic nitrogens is 7. The van der Waals surface area contributed by atoms with Crippen molar-refractivity contribution in [1.82, 2.24) is 40.3 Å². The van der Waals surface area contributed by atoms with Gasteiger partial charge in [-0.25, -0.2) is 0 Å². The maximum Gasteiger partial charge on any atom is 0.259 e. The zero-order chi connectivity index (χ0) is 17.2. The number of amides is 1. The fourth-order valence-corrected chi connectivity index (χ4v) is 3.09. The van der Waals surface area contributed by atoms with E-state index in [1.807, 2.05) is 12.1 Å². The van der Waals surface area contributed by atoms with E-state index in [0.717, 1.165) is 5.56 Å². The number of β-amino-alcohol motifs (C(OH)–C–C–N with tert-alkyl or cyclic N) is 1. The topological polar surface area (TPSA) is 126 Å². The molecule has 1 aliphatic rings. The van der Waals surface area contributed by atoms with Crippen LogP contribution in [-0.4, -0.2) is 70.5 Å². The van der Waals surface area contributed by atoms with E-state index in [9.17, 15) is 9.90 Å². The summed E-state index contributed by atoms with van der Waals surface area (Å²) in [5.41, 5.74) is 1.45. The van der Waals surface area contributed by atoms with E-state index in [4.69, 9.17) is 0 Å². The van der Waals surface area contributed by atoms with Crippen LogP contribution < -0.4 is 0 Å². The van der Waals surface area contributed by atoms with Gasteiger partial charge < -0.3 is 10.0 Å². The molecule has 10 heteroatoms. The number of tetrazole rings is 1. The number of aliphatic hydroxyl groups is 1. The molecule has 0 bridgehead atoms. The predicted octanol–water partition coefficient (Wildman–Crippen LogP) is -0.544. The number of H-pyrrole nitrogens is 1. The summed E-state index contributed by atoms with van der Waals surface area (Å²) in [7, 11) is 0. The van der Waals surface area contributed by atoms with Gasteiger partial charge in [0.1, 0.15) is 11.9 Å². The molecule has 2 atom stereocenters. The van der Waals surface area contributed by atoms with Crippen molar-refractivity contribution in [2.45, 2.75) is 12.5 Å². The molecule has 1 saturated heterocycles. The summed E-state index contributed by atoms with van der Waals surface area (Å²) in [6.07, 6.45) is 6.41. The van der Waals surface area contributed by atoms with Gasteiger partial charge in [0, 0.05) is 31.4 Å². The van der Waals surface area contributed by atoms with E-state index in [-0.39, 0.29) is 18.4 Å². The van der Waals surface area contributed by atoms with Crippen molar-refractivity contribution in [1.29, 1.82) is 0 Å². The van der Waals surface area contributed by atoms with Crippen LogP contribution in [0.5, 0.6) is 0 Å². The summed E-state index contributed by atoms with van der Waals surface area (Å²) in [4.78, 5) is 18.5. The third-order valence-electron chi connectivity index (χ3n) is 4.37. The summed E-state index contributed by atoms with van der Waals surface area (Å²) in [5, 5.41) is 27.9. The number of aromatic amines is 1. The zero-order valence-corrected chi connectivity index (χ0v) is 13.2. The Kier molecular flexibility index (Phi) is 3.94.